The smallest absolute Gasteiger partial charge is 0.243 e. The van der Waals surface area contributed by atoms with E-state index in [1.807, 2.05) is 49.4 Å². The minimum absolute atomic E-state index is 0.0338. The van der Waals surface area contributed by atoms with Crippen LogP contribution < -0.4 is 53.2 Å². The van der Waals surface area contributed by atoms with Crippen LogP contribution in [0.25, 0.3) is 10.9 Å². The molecule has 3 aromatic rings. The molecule has 4 rings (SSSR count). The van der Waals surface area contributed by atoms with Crippen molar-refractivity contribution in [3.8, 4) is 0 Å². The van der Waals surface area contributed by atoms with Gasteiger partial charge in [-0.1, -0.05) is 50.6 Å². The fourth-order valence-electron chi connectivity index (χ4n) is 7.94. The maximum Gasteiger partial charge on any atom is 0.243 e. The molecule has 13 N–H and O–H groups in total. The maximum atomic E-state index is 14.1. The Labute approximate surface area is 424 Å². The predicted molar refractivity (Wildman–Crippen MR) is 274 cm³/mol. The third-order valence-electron chi connectivity index (χ3n) is 12.5. The van der Waals surface area contributed by atoms with Crippen molar-refractivity contribution in [2.45, 2.75) is 120 Å². The Morgan fingerprint density at radius 3 is 2.11 bits per heavy atom. The van der Waals surface area contributed by atoms with Crippen LogP contribution in [0, 0.1) is 5.92 Å². The van der Waals surface area contributed by atoms with E-state index in [0.717, 1.165) is 46.4 Å². The SMILES string of the molecule is CCC(C)C(NC(=O)CNC(=O)C(Cc1c(SC)[nH]c2ccccc12)NC(=O)C(CC(O)CO)NC1CCCN1C)C(=O)NCC(=O)NCC(=O)NC(C)CC(=O)NCc1ccc(NC(=O)C(C)NC)cc1. The number of hydrogen-bond acceptors (Lipinski definition) is 14. The van der Waals surface area contributed by atoms with Crippen molar-refractivity contribution in [3.05, 3.63) is 59.7 Å². The lowest BCUT2D eigenvalue weighted by Gasteiger charge is -2.29. The van der Waals surface area contributed by atoms with Gasteiger partial charge in [-0.15, -0.1) is 11.8 Å². The van der Waals surface area contributed by atoms with Crippen LogP contribution in [0.15, 0.2) is 53.6 Å². The Kier molecular flexibility index (Phi) is 23.9. The molecule has 2 aromatic carbocycles. The third kappa shape index (κ3) is 18.5. The summed E-state index contributed by atoms with van der Waals surface area (Å²) < 4.78 is 0. The van der Waals surface area contributed by atoms with Crippen LogP contribution in [-0.4, -0.2) is 163 Å². The highest BCUT2D eigenvalue weighted by Gasteiger charge is 2.33. The number of aromatic nitrogens is 1. The Bertz CT molecular complexity index is 2320. The Hall–Kier alpha value is -6.11. The molecule has 8 amide bonds. The molecule has 22 nitrogen and oxygen atoms in total. The van der Waals surface area contributed by atoms with Crippen molar-refractivity contribution in [1.82, 2.24) is 57.7 Å². The van der Waals surface area contributed by atoms with Crippen LogP contribution in [0.3, 0.4) is 0 Å². The zero-order valence-corrected chi connectivity index (χ0v) is 43.1. The van der Waals surface area contributed by atoms with E-state index in [0.29, 0.717) is 12.1 Å². The molecule has 0 aliphatic carbocycles. The molecule has 0 saturated carbocycles. The zero-order valence-electron chi connectivity index (χ0n) is 42.2. The minimum atomic E-state index is -1.20. The van der Waals surface area contributed by atoms with E-state index in [1.54, 1.807) is 52.1 Å². The van der Waals surface area contributed by atoms with Crippen molar-refractivity contribution in [3.63, 3.8) is 0 Å². The number of thioether (sulfide) groups is 1. The lowest BCUT2D eigenvalue weighted by Crippen LogP contribution is -2.58. The molecule has 23 heteroatoms. The van der Waals surface area contributed by atoms with Crippen LogP contribution in [0.4, 0.5) is 5.69 Å². The standard InChI is InChI=1S/C49H74N12O10S/c1-8-28(2)44(48(71)54-24-41(65)52-25-42(66)55-29(3)20-40(64)51-23-31-15-17-32(18-16-31)56-45(68)30(4)50-5)60-43(67)26-53-46(69)38(22-35-34-12-9-10-13-36(34)59-49(35)72-7)58-47(70)37(21-33(63)27-62)57-39-14-11-19-61(39)6/h9-10,12-13,15-18,28-30,33,37-39,44,50,57,59,62-63H,8,11,14,19-27H2,1-7H3,(H,51,64)(H,52,65)(H,53,69)(H,54,71)(H,55,66)(H,56,68)(H,58,70)(H,60,67). The molecular weight excluding hydrogens is 949 g/mol. The lowest BCUT2D eigenvalue weighted by molar-refractivity contribution is -0.133. The number of benzene rings is 2. The molecule has 1 aliphatic heterocycles. The largest absolute Gasteiger partial charge is 0.394 e. The second kappa shape index (κ2) is 29.4. The van der Waals surface area contributed by atoms with Crippen molar-refractivity contribution in [1.29, 1.82) is 0 Å². The topological polar surface area (TPSA) is 316 Å². The number of amides is 8. The van der Waals surface area contributed by atoms with E-state index in [-0.39, 0.29) is 49.8 Å². The number of aliphatic hydroxyl groups is 2. The summed E-state index contributed by atoms with van der Waals surface area (Å²) in [7, 11) is 3.60. The molecule has 2 heterocycles. The quantitative estimate of drug-likeness (QED) is 0.0383. The first-order valence-corrected chi connectivity index (χ1v) is 25.5. The molecular formula is C49H74N12O10S. The maximum absolute atomic E-state index is 14.1. The van der Waals surface area contributed by atoms with Gasteiger partial charge in [0.2, 0.25) is 47.3 Å². The number of likely N-dealkylation sites (tertiary alicyclic amines) is 1. The van der Waals surface area contributed by atoms with Crippen LogP contribution >= 0.6 is 11.8 Å². The number of para-hydroxylation sites is 1. The Morgan fingerprint density at radius 2 is 1.46 bits per heavy atom. The highest BCUT2D eigenvalue weighted by molar-refractivity contribution is 7.98. The number of aromatic amines is 1. The molecule has 72 heavy (non-hydrogen) atoms. The second-order valence-electron chi connectivity index (χ2n) is 18.2. The highest BCUT2D eigenvalue weighted by atomic mass is 32.2. The van der Waals surface area contributed by atoms with Gasteiger partial charge in [-0.3, -0.25) is 48.6 Å². The van der Waals surface area contributed by atoms with Gasteiger partial charge in [-0.2, -0.15) is 0 Å². The second-order valence-corrected chi connectivity index (χ2v) is 19.0. The fraction of sp³-hybridized carbons (Fsp3) is 0.551. The number of carbonyl (C=O) groups is 8. The van der Waals surface area contributed by atoms with Crippen molar-refractivity contribution in [2.24, 2.45) is 5.92 Å². The Morgan fingerprint density at radius 1 is 0.792 bits per heavy atom. The summed E-state index contributed by atoms with van der Waals surface area (Å²) in [6, 6.07) is 10.3. The van der Waals surface area contributed by atoms with E-state index in [9.17, 15) is 48.6 Å². The van der Waals surface area contributed by atoms with E-state index in [2.05, 4.69) is 58.2 Å². The molecule has 8 unspecified atom stereocenters. The average molecular weight is 1020 g/mol. The summed E-state index contributed by atoms with van der Waals surface area (Å²) in [6.07, 6.45) is 2.52. The first kappa shape index (κ1) is 58.5. The van der Waals surface area contributed by atoms with Gasteiger partial charge in [0.1, 0.15) is 12.1 Å². The molecule has 8 atom stereocenters. The summed E-state index contributed by atoms with van der Waals surface area (Å²) in [5.74, 6) is -4.78. The van der Waals surface area contributed by atoms with Crippen molar-refractivity contribution in [2.75, 3.05) is 58.5 Å². The summed E-state index contributed by atoms with van der Waals surface area (Å²) in [6.45, 7) is 5.90. The van der Waals surface area contributed by atoms with Crippen molar-refractivity contribution < 1.29 is 48.6 Å². The normalized spacial score (nSPS) is 16.5. The van der Waals surface area contributed by atoms with E-state index < -0.39 is 97.9 Å². The van der Waals surface area contributed by atoms with Gasteiger partial charge in [0.05, 0.1) is 55.6 Å². The molecule has 0 spiro atoms. The lowest BCUT2D eigenvalue weighted by atomic mass is 9.98. The number of hydrogen-bond donors (Lipinski definition) is 13. The van der Waals surface area contributed by atoms with Gasteiger partial charge in [0, 0.05) is 42.0 Å². The van der Waals surface area contributed by atoms with Gasteiger partial charge < -0.3 is 63.0 Å². The van der Waals surface area contributed by atoms with Gasteiger partial charge >= 0.3 is 0 Å². The summed E-state index contributed by atoms with van der Waals surface area (Å²) in [5, 5.41) is 49.1. The van der Waals surface area contributed by atoms with Crippen LogP contribution in [0.2, 0.25) is 0 Å². The van der Waals surface area contributed by atoms with E-state index in [1.165, 1.54) is 11.8 Å². The van der Waals surface area contributed by atoms with Crippen molar-refractivity contribution >= 4 is 75.6 Å². The van der Waals surface area contributed by atoms with Crippen LogP contribution in [0.1, 0.15) is 70.9 Å². The molecule has 1 fully saturated rings. The number of likely N-dealkylation sites (N-methyl/N-ethyl adjacent to an activating group) is 1. The molecule has 396 valence electrons. The molecule has 1 saturated heterocycles. The van der Waals surface area contributed by atoms with Gasteiger partial charge in [-0.25, -0.2) is 0 Å². The van der Waals surface area contributed by atoms with Gasteiger partial charge in [0.25, 0.3) is 0 Å². The summed E-state index contributed by atoms with van der Waals surface area (Å²) in [5.41, 5.74) is 3.02. The minimum Gasteiger partial charge on any atom is -0.394 e. The number of nitrogens with zero attached hydrogens (tertiary/aromatic N) is 1. The number of anilines is 1. The molecule has 1 aliphatic rings. The average Bonchev–Trinajstić information content (AvgIpc) is 3.95. The third-order valence-corrected chi connectivity index (χ3v) is 13.3. The highest BCUT2D eigenvalue weighted by Crippen LogP contribution is 2.29. The summed E-state index contributed by atoms with van der Waals surface area (Å²) >= 11 is 1.44. The monoisotopic (exact) mass is 1020 g/mol. The number of rotatable bonds is 29. The number of carbonyl (C=O) groups excluding carboxylic acids is 8. The molecule has 1 aromatic heterocycles. The number of fused-ring (bicyclic) bond motifs is 1. The molecule has 0 radical (unpaired) electrons. The first-order chi connectivity index (χ1) is 34.3. The zero-order chi connectivity index (χ0) is 52.9. The molecule has 0 bridgehead atoms. The predicted octanol–water partition coefficient (Wildman–Crippen LogP) is -0.693. The Balaban J connectivity index is 1.28. The van der Waals surface area contributed by atoms with Gasteiger partial charge in [-0.05, 0) is 95.2 Å². The fourth-order valence-corrected chi connectivity index (χ4v) is 8.59. The van der Waals surface area contributed by atoms with Crippen LogP contribution in [-0.2, 0) is 51.3 Å². The summed E-state index contributed by atoms with van der Waals surface area (Å²) in [4.78, 5) is 110. The first-order valence-electron chi connectivity index (χ1n) is 24.3. The number of nitrogens with one attached hydrogen (secondary N) is 11. The number of aliphatic hydroxyl groups excluding tert-OH is 2. The van der Waals surface area contributed by atoms with Crippen LogP contribution in [0.5, 0.6) is 0 Å². The number of H-pyrrole nitrogens is 1. The van der Waals surface area contributed by atoms with E-state index >= 15 is 0 Å². The van der Waals surface area contributed by atoms with Gasteiger partial charge in [0.15, 0.2) is 0 Å². The van der Waals surface area contributed by atoms with E-state index in [4.69, 9.17) is 0 Å².